The van der Waals surface area contributed by atoms with E-state index in [1.165, 1.54) is 0 Å². The van der Waals surface area contributed by atoms with Crippen molar-refractivity contribution in [3.8, 4) is 0 Å². The fourth-order valence-electron chi connectivity index (χ4n) is 2.27. The molecule has 1 aromatic carbocycles. The first-order valence-electron chi connectivity index (χ1n) is 6.20. The number of benzene rings is 1. The lowest BCUT2D eigenvalue weighted by atomic mass is 10.1. The molecule has 1 aliphatic rings. The van der Waals surface area contributed by atoms with Gasteiger partial charge in [0.2, 0.25) is 0 Å². The molecular weight excluding hydrogens is 248 g/mol. The first-order valence-corrected chi connectivity index (χ1v) is 6.58. The predicted molar refractivity (Wildman–Crippen MR) is 72.9 cm³/mol. The van der Waals surface area contributed by atoms with Gasteiger partial charge >= 0.3 is 0 Å². The standard InChI is InChI=1S/C14H15ClN2O/c15-12-1-2-13-10(8-12)7-11(9-17-13)14-3-4-16-5-6-18-14/h1-2,7-9,14,16H,3-6H2. The highest BCUT2D eigenvalue weighted by Crippen LogP contribution is 2.25. The van der Waals surface area contributed by atoms with Crippen molar-refractivity contribution in [2.45, 2.75) is 12.5 Å². The Morgan fingerprint density at radius 2 is 2.22 bits per heavy atom. The van der Waals surface area contributed by atoms with E-state index in [9.17, 15) is 0 Å². The molecule has 94 valence electrons. The number of rotatable bonds is 1. The number of hydrogen-bond acceptors (Lipinski definition) is 3. The summed E-state index contributed by atoms with van der Waals surface area (Å²) >= 11 is 6.01. The zero-order chi connectivity index (χ0) is 12.4. The summed E-state index contributed by atoms with van der Waals surface area (Å²) in [5.41, 5.74) is 2.10. The van der Waals surface area contributed by atoms with Gasteiger partial charge in [-0.1, -0.05) is 11.6 Å². The summed E-state index contributed by atoms with van der Waals surface area (Å²) in [6.07, 6.45) is 3.02. The molecule has 0 spiro atoms. The van der Waals surface area contributed by atoms with Crippen LogP contribution in [0.4, 0.5) is 0 Å². The maximum absolute atomic E-state index is 6.01. The topological polar surface area (TPSA) is 34.2 Å². The number of nitrogens with zero attached hydrogens (tertiary/aromatic N) is 1. The van der Waals surface area contributed by atoms with Gasteiger partial charge < -0.3 is 10.1 Å². The van der Waals surface area contributed by atoms with Crippen molar-refractivity contribution in [2.75, 3.05) is 19.7 Å². The summed E-state index contributed by atoms with van der Waals surface area (Å²) < 4.78 is 5.83. The van der Waals surface area contributed by atoms with Gasteiger partial charge in [0.05, 0.1) is 18.2 Å². The highest BCUT2D eigenvalue weighted by molar-refractivity contribution is 6.31. The Hall–Kier alpha value is -1.16. The van der Waals surface area contributed by atoms with Crippen molar-refractivity contribution < 1.29 is 4.74 Å². The van der Waals surface area contributed by atoms with Gasteiger partial charge in [0, 0.05) is 23.2 Å². The number of aromatic nitrogens is 1. The van der Waals surface area contributed by atoms with Crippen molar-refractivity contribution in [1.29, 1.82) is 0 Å². The molecule has 1 fully saturated rings. The van der Waals surface area contributed by atoms with Crippen LogP contribution in [0.25, 0.3) is 10.9 Å². The summed E-state index contributed by atoms with van der Waals surface area (Å²) in [6.45, 7) is 2.65. The second-order valence-electron chi connectivity index (χ2n) is 4.50. The van der Waals surface area contributed by atoms with Gasteiger partial charge in [0.15, 0.2) is 0 Å². The number of ether oxygens (including phenoxy) is 1. The van der Waals surface area contributed by atoms with Crippen LogP contribution >= 0.6 is 11.6 Å². The fourth-order valence-corrected chi connectivity index (χ4v) is 2.45. The highest BCUT2D eigenvalue weighted by Gasteiger charge is 2.15. The maximum Gasteiger partial charge on any atom is 0.0852 e. The normalized spacial score (nSPS) is 20.8. The number of pyridine rings is 1. The van der Waals surface area contributed by atoms with E-state index in [4.69, 9.17) is 16.3 Å². The van der Waals surface area contributed by atoms with Crippen molar-refractivity contribution in [3.05, 3.63) is 41.0 Å². The van der Waals surface area contributed by atoms with Gasteiger partial charge in [-0.3, -0.25) is 4.98 Å². The largest absolute Gasteiger partial charge is 0.372 e. The van der Waals surface area contributed by atoms with Gasteiger partial charge in [-0.2, -0.15) is 0 Å². The molecule has 3 nitrogen and oxygen atoms in total. The molecule has 0 bridgehead atoms. The molecule has 1 N–H and O–H groups in total. The van der Waals surface area contributed by atoms with E-state index in [0.29, 0.717) is 0 Å². The minimum absolute atomic E-state index is 0.135. The van der Waals surface area contributed by atoms with E-state index in [0.717, 1.165) is 47.6 Å². The third-order valence-corrected chi connectivity index (χ3v) is 3.45. The SMILES string of the molecule is Clc1ccc2ncc(C3CCNCCO3)cc2c1. The first-order chi connectivity index (χ1) is 8.83. The summed E-state index contributed by atoms with van der Waals surface area (Å²) in [6, 6.07) is 7.88. The number of hydrogen-bond donors (Lipinski definition) is 1. The van der Waals surface area contributed by atoms with E-state index in [2.05, 4.69) is 16.4 Å². The molecule has 18 heavy (non-hydrogen) atoms. The predicted octanol–water partition coefficient (Wildman–Crippen LogP) is 2.94. The molecule has 1 aromatic heterocycles. The summed E-state index contributed by atoms with van der Waals surface area (Å²) in [4.78, 5) is 4.47. The molecule has 0 aliphatic carbocycles. The van der Waals surface area contributed by atoms with Crippen LogP contribution < -0.4 is 5.32 Å². The number of nitrogens with one attached hydrogen (secondary N) is 1. The average molecular weight is 263 g/mol. The van der Waals surface area contributed by atoms with Crippen molar-refractivity contribution in [2.24, 2.45) is 0 Å². The van der Waals surface area contributed by atoms with Crippen LogP contribution in [0.15, 0.2) is 30.5 Å². The van der Waals surface area contributed by atoms with E-state index in [1.54, 1.807) is 0 Å². The molecule has 1 unspecified atom stereocenters. The van der Waals surface area contributed by atoms with Gasteiger partial charge in [-0.25, -0.2) is 0 Å². The second kappa shape index (κ2) is 5.22. The summed E-state index contributed by atoms with van der Waals surface area (Å²) in [7, 11) is 0. The molecule has 1 atom stereocenters. The fraction of sp³-hybridized carbons (Fsp3) is 0.357. The first kappa shape index (κ1) is 11.9. The Kier molecular flexibility index (Phi) is 3.46. The minimum Gasteiger partial charge on any atom is -0.372 e. The summed E-state index contributed by atoms with van der Waals surface area (Å²) in [5, 5.41) is 5.14. The van der Waals surface area contributed by atoms with Crippen LogP contribution in [0.1, 0.15) is 18.1 Å². The lowest BCUT2D eigenvalue weighted by molar-refractivity contribution is 0.0643. The van der Waals surface area contributed by atoms with Crippen LogP contribution in [0, 0.1) is 0 Å². The molecule has 0 amide bonds. The van der Waals surface area contributed by atoms with Crippen LogP contribution in [0.3, 0.4) is 0 Å². The molecule has 2 heterocycles. The highest BCUT2D eigenvalue weighted by atomic mass is 35.5. The minimum atomic E-state index is 0.135. The van der Waals surface area contributed by atoms with Crippen molar-refractivity contribution in [1.82, 2.24) is 10.3 Å². The van der Waals surface area contributed by atoms with Crippen molar-refractivity contribution >= 4 is 22.5 Å². The second-order valence-corrected chi connectivity index (χ2v) is 4.94. The maximum atomic E-state index is 6.01. The quantitative estimate of drug-likeness (QED) is 0.858. The monoisotopic (exact) mass is 262 g/mol. The third-order valence-electron chi connectivity index (χ3n) is 3.22. The third kappa shape index (κ3) is 2.48. The van der Waals surface area contributed by atoms with Crippen LogP contribution in [0.5, 0.6) is 0 Å². The Labute approximate surface area is 111 Å². The average Bonchev–Trinajstić information content (AvgIpc) is 2.66. The molecule has 3 rings (SSSR count). The molecule has 1 saturated heterocycles. The van der Waals surface area contributed by atoms with Gasteiger partial charge in [-0.05, 0) is 42.8 Å². The van der Waals surface area contributed by atoms with Crippen molar-refractivity contribution in [3.63, 3.8) is 0 Å². The summed E-state index contributed by atoms with van der Waals surface area (Å²) in [5.74, 6) is 0. The van der Waals surface area contributed by atoms with Gasteiger partial charge in [0.1, 0.15) is 0 Å². The van der Waals surface area contributed by atoms with E-state index in [-0.39, 0.29) is 6.10 Å². The zero-order valence-electron chi connectivity index (χ0n) is 10.0. The molecule has 0 radical (unpaired) electrons. The Morgan fingerprint density at radius 3 is 3.17 bits per heavy atom. The lowest BCUT2D eigenvalue weighted by Crippen LogP contribution is -2.16. The van der Waals surface area contributed by atoms with Crippen LogP contribution in [-0.4, -0.2) is 24.7 Å². The number of halogens is 1. The Morgan fingerprint density at radius 1 is 1.28 bits per heavy atom. The van der Waals surface area contributed by atoms with Gasteiger partial charge in [0.25, 0.3) is 0 Å². The lowest BCUT2D eigenvalue weighted by Gasteiger charge is -2.15. The Bertz CT molecular complexity index is 550. The molecular formula is C14H15ClN2O. The van der Waals surface area contributed by atoms with Crippen LogP contribution in [0.2, 0.25) is 5.02 Å². The van der Waals surface area contributed by atoms with Gasteiger partial charge in [-0.15, -0.1) is 0 Å². The molecule has 4 heteroatoms. The van der Waals surface area contributed by atoms with E-state index >= 15 is 0 Å². The zero-order valence-corrected chi connectivity index (χ0v) is 10.8. The van der Waals surface area contributed by atoms with Crippen LogP contribution in [-0.2, 0) is 4.74 Å². The Balaban J connectivity index is 1.96. The van der Waals surface area contributed by atoms with E-state index in [1.807, 2.05) is 24.4 Å². The smallest absolute Gasteiger partial charge is 0.0852 e. The number of fused-ring (bicyclic) bond motifs is 1. The van der Waals surface area contributed by atoms with E-state index < -0.39 is 0 Å². The molecule has 1 aliphatic heterocycles. The molecule has 2 aromatic rings. The molecule has 0 saturated carbocycles.